The van der Waals surface area contributed by atoms with Gasteiger partial charge in [-0.3, -0.25) is 9.59 Å². The zero-order chi connectivity index (χ0) is 25.5. The fourth-order valence-electron chi connectivity index (χ4n) is 6.90. The zero-order valence-corrected chi connectivity index (χ0v) is 21.1. The molecule has 0 radical (unpaired) electrons. The van der Waals surface area contributed by atoms with Crippen molar-refractivity contribution in [3.8, 4) is 0 Å². The van der Waals surface area contributed by atoms with Crippen molar-refractivity contribution in [2.75, 3.05) is 16.8 Å². The van der Waals surface area contributed by atoms with Crippen molar-refractivity contribution in [3.05, 3.63) is 88.4 Å². The molecule has 3 N–H and O–H groups in total. The van der Waals surface area contributed by atoms with Crippen molar-refractivity contribution in [2.24, 2.45) is 5.41 Å². The van der Waals surface area contributed by atoms with Gasteiger partial charge < -0.3 is 20.5 Å². The van der Waals surface area contributed by atoms with E-state index in [1.165, 1.54) is 22.4 Å². The predicted molar refractivity (Wildman–Crippen MR) is 144 cm³/mol. The third-order valence-electron chi connectivity index (χ3n) is 8.43. The van der Waals surface area contributed by atoms with E-state index in [1.54, 1.807) is 6.08 Å². The largest absolute Gasteiger partial charge is 0.363 e. The molecule has 7 heteroatoms. The fourth-order valence-corrected chi connectivity index (χ4v) is 6.90. The summed E-state index contributed by atoms with van der Waals surface area (Å²) in [6.07, 6.45) is 7.54. The van der Waals surface area contributed by atoms with Crippen molar-refractivity contribution in [3.63, 3.8) is 0 Å². The van der Waals surface area contributed by atoms with Gasteiger partial charge in [-0.05, 0) is 73.2 Å². The molecule has 0 saturated carbocycles. The molecular weight excluding hydrogens is 462 g/mol. The molecule has 0 fully saturated rings. The molecule has 2 amide bonds. The predicted octanol–water partition coefficient (Wildman–Crippen LogP) is 4.55. The minimum atomic E-state index is -0.560. The maximum absolute atomic E-state index is 13.1. The van der Waals surface area contributed by atoms with E-state index in [0.29, 0.717) is 25.8 Å². The van der Waals surface area contributed by atoms with Gasteiger partial charge in [0, 0.05) is 41.5 Å². The van der Waals surface area contributed by atoms with Gasteiger partial charge in [0.25, 0.3) is 0 Å². The van der Waals surface area contributed by atoms with E-state index in [0.717, 1.165) is 45.9 Å². The summed E-state index contributed by atoms with van der Waals surface area (Å²) in [4.78, 5) is 36.1. The number of aryl methyl sites for hydroxylation is 1. The van der Waals surface area contributed by atoms with Gasteiger partial charge in [-0.25, -0.2) is 4.98 Å². The second-order valence-electron chi connectivity index (χ2n) is 10.9. The second kappa shape index (κ2) is 7.68. The van der Waals surface area contributed by atoms with Crippen LogP contribution in [0.15, 0.2) is 60.3 Å². The maximum atomic E-state index is 13.1. The lowest BCUT2D eigenvalue weighted by Gasteiger charge is -2.22. The number of aromatic nitrogens is 2. The number of imidazole rings is 1. The summed E-state index contributed by atoms with van der Waals surface area (Å²) >= 11 is 0. The summed E-state index contributed by atoms with van der Waals surface area (Å²) < 4.78 is 0. The summed E-state index contributed by atoms with van der Waals surface area (Å²) in [6, 6.07) is 8.61. The molecular formula is C30H29N5O2. The number of rotatable bonds is 4. The van der Waals surface area contributed by atoms with Gasteiger partial charge in [0.1, 0.15) is 5.82 Å². The van der Waals surface area contributed by atoms with Crippen molar-refractivity contribution in [2.45, 2.75) is 45.6 Å². The Morgan fingerprint density at radius 3 is 2.76 bits per heavy atom. The molecule has 2 unspecified atom stereocenters. The number of H-pyrrole nitrogens is 1. The lowest BCUT2D eigenvalue weighted by atomic mass is 9.78. The number of carbonyl (C=O) groups is 2. The molecule has 186 valence electrons. The number of hydrogen-bond acceptors (Lipinski definition) is 4. The van der Waals surface area contributed by atoms with Crippen LogP contribution in [0.5, 0.6) is 0 Å². The van der Waals surface area contributed by atoms with E-state index in [9.17, 15) is 9.59 Å². The standard InChI is InChI=1S/C30H29N5O2/c1-4-5-6-21-17(3)31-29(37)30(21)12-18-9-22-23(10-19(18)13-30)33-26(32-22)15-35-14-20-11-27(36)34-24-7-16(2)8-25(35)28(20)24/h4-10,20H,1,11-15H2,2-3H3,(H,31,37)(H,32,33)(H,34,36)/b6-5-. The molecule has 0 saturated heterocycles. The maximum Gasteiger partial charge on any atom is 0.235 e. The highest BCUT2D eigenvalue weighted by Crippen LogP contribution is 2.49. The van der Waals surface area contributed by atoms with E-state index < -0.39 is 5.41 Å². The zero-order valence-electron chi connectivity index (χ0n) is 21.1. The number of allylic oxidation sites excluding steroid dienone is 4. The average Bonchev–Trinajstić information content (AvgIpc) is 3.55. The first-order valence-electron chi connectivity index (χ1n) is 12.9. The van der Waals surface area contributed by atoms with Gasteiger partial charge in [-0.2, -0.15) is 0 Å². The molecule has 1 aliphatic carbocycles. The highest BCUT2D eigenvalue weighted by atomic mass is 16.2. The van der Waals surface area contributed by atoms with Crippen molar-refractivity contribution >= 4 is 34.2 Å². The Balaban J connectivity index is 1.19. The number of benzene rings is 2. The topological polar surface area (TPSA) is 90.1 Å². The van der Waals surface area contributed by atoms with E-state index in [-0.39, 0.29) is 17.7 Å². The number of nitrogens with zero attached hydrogens (tertiary/aromatic N) is 2. The van der Waals surface area contributed by atoms with Crippen LogP contribution in [0.2, 0.25) is 0 Å². The molecule has 1 aromatic heterocycles. The number of aromatic amines is 1. The molecule has 3 aliphatic heterocycles. The Hall–Kier alpha value is -4.13. The number of carbonyl (C=O) groups excluding carboxylic acids is 2. The van der Waals surface area contributed by atoms with E-state index in [2.05, 4.69) is 58.3 Å². The van der Waals surface area contributed by atoms with Gasteiger partial charge in [-0.15, -0.1) is 0 Å². The van der Waals surface area contributed by atoms with E-state index in [4.69, 9.17) is 4.98 Å². The molecule has 7 nitrogen and oxygen atoms in total. The van der Waals surface area contributed by atoms with Gasteiger partial charge in [0.2, 0.25) is 11.8 Å². The molecule has 4 heterocycles. The number of nitrogens with one attached hydrogen (secondary N) is 3. The number of anilines is 2. The molecule has 0 bridgehead atoms. The number of fused-ring (bicyclic) bond motifs is 2. The van der Waals surface area contributed by atoms with Gasteiger partial charge in [-0.1, -0.05) is 24.8 Å². The van der Waals surface area contributed by atoms with E-state index in [1.807, 2.05) is 19.1 Å². The monoisotopic (exact) mass is 491 g/mol. The van der Waals surface area contributed by atoms with Crippen LogP contribution in [0.1, 0.15) is 47.3 Å². The highest BCUT2D eigenvalue weighted by molar-refractivity contribution is 5.97. The average molecular weight is 492 g/mol. The number of amides is 2. The Labute approximate surface area is 215 Å². The SMILES string of the molecule is C=C/C=C\C1=C(C)NC(=O)C12Cc1cc3nc(CN4CC5CC(=O)Nc6cc(C)cc4c65)[nH]c3cc1C2. The molecule has 37 heavy (non-hydrogen) atoms. The first-order valence-corrected chi connectivity index (χ1v) is 12.9. The summed E-state index contributed by atoms with van der Waals surface area (Å²) in [5, 5.41) is 6.11. The summed E-state index contributed by atoms with van der Waals surface area (Å²) in [6.45, 7) is 9.29. The fraction of sp³-hybridized carbons (Fsp3) is 0.300. The second-order valence-corrected chi connectivity index (χ2v) is 10.9. The van der Waals surface area contributed by atoms with Crippen LogP contribution in [0.25, 0.3) is 11.0 Å². The normalized spacial score (nSPS) is 21.2. The summed E-state index contributed by atoms with van der Waals surface area (Å²) in [5.41, 5.74) is 10.3. The molecule has 1 spiro atoms. The van der Waals surface area contributed by atoms with Crippen LogP contribution >= 0.6 is 0 Å². The molecule has 7 rings (SSSR count). The van der Waals surface area contributed by atoms with Crippen LogP contribution in [0, 0.1) is 12.3 Å². The first-order chi connectivity index (χ1) is 17.8. The van der Waals surface area contributed by atoms with Crippen molar-refractivity contribution in [1.29, 1.82) is 0 Å². The van der Waals surface area contributed by atoms with Gasteiger partial charge in [0.05, 0.1) is 23.0 Å². The quantitative estimate of drug-likeness (QED) is 0.467. The van der Waals surface area contributed by atoms with Crippen molar-refractivity contribution in [1.82, 2.24) is 15.3 Å². The summed E-state index contributed by atoms with van der Waals surface area (Å²) in [5.74, 6) is 1.30. The van der Waals surface area contributed by atoms with Gasteiger partial charge in [0.15, 0.2) is 0 Å². The highest BCUT2D eigenvalue weighted by Gasteiger charge is 2.50. The lowest BCUT2D eigenvalue weighted by molar-refractivity contribution is -0.126. The Morgan fingerprint density at radius 2 is 1.95 bits per heavy atom. The first kappa shape index (κ1) is 22.1. The molecule has 4 aliphatic rings. The van der Waals surface area contributed by atoms with Gasteiger partial charge >= 0.3 is 0 Å². The Kier molecular flexibility index (Phi) is 4.59. The Bertz CT molecular complexity index is 1560. The third-order valence-corrected chi connectivity index (χ3v) is 8.43. The Morgan fingerprint density at radius 1 is 1.14 bits per heavy atom. The molecule has 2 aromatic carbocycles. The van der Waals surface area contributed by atoms with Crippen molar-refractivity contribution < 1.29 is 9.59 Å². The van der Waals surface area contributed by atoms with E-state index >= 15 is 0 Å². The van der Waals surface area contributed by atoms with Crippen LogP contribution in [0.4, 0.5) is 11.4 Å². The lowest BCUT2D eigenvalue weighted by Crippen LogP contribution is -2.34. The van der Waals surface area contributed by atoms with Crippen LogP contribution in [0.3, 0.4) is 0 Å². The molecule has 2 atom stereocenters. The smallest absolute Gasteiger partial charge is 0.235 e. The van der Waals surface area contributed by atoms with Crippen LogP contribution in [-0.4, -0.2) is 28.3 Å². The third kappa shape index (κ3) is 3.23. The summed E-state index contributed by atoms with van der Waals surface area (Å²) in [7, 11) is 0. The molecule has 3 aromatic rings. The minimum absolute atomic E-state index is 0.0736. The number of hydrogen-bond donors (Lipinski definition) is 3. The van der Waals surface area contributed by atoms with Crippen LogP contribution in [-0.2, 0) is 29.0 Å². The minimum Gasteiger partial charge on any atom is -0.363 e. The van der Waals surface area contributed by atoms with Crippen LogP contribution < -0.4 is 15.5 Å².